The van der Waals surface area contributed by atoms with Gasteiger partial charge in [0.2, 0.25) is 0 Å². The number of hydrogen-bond acceptors (Lipinski definition) is 7. The van der Waals surface area contributed by atoms with Crippen LogP contribution in [0.3, 0.4) is 0 Å². The molecular weight excluding hydrogens is 366 g/mol. The van der Waals surface area contributed by atoms with Crippen LogP contribution in [-0.4, -0.2) is 48.6 Å². The van der Waals surface area contributed by atoms with Crippen LogP contribution in [0.4, 0.5) is 4.39 Å². The van der Waals surface area contributed by atoms with Gasteiger partial charge >= 0.3 is 29.6 Å². The molecule has 0 spiro atoms. The van der Waals surface area contributed by atoms with E-state index in [4.69, 9.17) is 0 Å². The summed E-state index contributed by atoms with van der Waals surface area (Å²) in [5.74, 6) is -1.35. The number of aliphatic carboxylic acids is 1. The maximum absolute atomic E-state index is 13.1. The third kappa shape index (κ3) is 7.69. The second kappa shape index (κ2) is 11.1. The molecule has 0 radical (unpaired) electrons. The summed E-state index contributed by atoms with van der Waals surface area (Å²) in [6.45, 7) is 0. The van der Waals surface area contributed by atoms with E-state index in [1.165, 1.54) is 22.9 Å². The largest absolute Gasteiger partial charge is 1.00 e. The SMILES string of the molecule is Cn1nnnc1C(=C\c1ccc(F)cc1)/C=C/C(O)CC(O)CC(=O)[O-].[Na+]. The molecule has 0 saturated carbocycles. The normalized spacial score (nSPS) is 14.0. The van der Waals surface area contributed by atoms with Gasteiger partial charge in [0.1, 0.15) is 5.82 Å². The molecule has 2 unspecified atom stereocenters. The number of halogens is 1. The topological polar surface area (TPSA) is 124 Å². The first-order valence-corrected chi connectivity index (χ1v) is 7.79. The smallest absolute Gasteiger partial charge is 0.550 e. The minimum absolute atomic E-state index is 0. The summed E-state index contributed by atoms with van der Waals surface area (Å²) >= 11 is 0. The fraction of sp³-hybridized carbons (Fsp3) is 0.294. The Balaban J connectivity index is 0.00000364. The van der Waals surface area contributed by atoms with Gasteiger partial charge in [-0.15, -0.1) is 5.10 Å². The van der Waals surface area contributed by atoms with Crippen LogP contribution in [0.15, 0.2) is 36.4 Å². The number of carboxylic acid groups (broad SMARTS) is 1. The maximum Gasteiger partial charge on any atom is 1.00 e. The average molecular weight is 384 g/mol. The van der Waals surface area contributed by atoms with E-state index in [0.717, 1.165) is 0 Å². The van der Waals surface area contributed by atoms with Crippen LogP contribution >= 0.6 is 0 Å². The first-order chi connectivity index (χ1) is 12.3. The van der Waals surface area contributed by atoms with E-state index in [2.05, 4.69) is 15.5 Å². The molecule has 2 aromatic rings. The number of carbonyl (C=O) groups excluding carboxylic acids is 1. The molecule has 0 saturated heterocycles. The Kier molecular flexibility index (Phi) is 9.47. The summed E-state index contributed by atoms with van der Waals surface area (Å²) in [6.07, 6.45) is 1.62. The summed E-state index contributed by atoms with van der Waals surface area (Å²) in [7, 11) is 1.64. The minimum Gasteiger partial charge on any atom is -0.550 e. The molecule has 2 N–H and O–H groups in total. The van der Waals surface area contributed by atoms with E-state index in [1.54, 1.807) is 31.3 Å². The number of allylic oxidation sites excluding steroid dienone is 2. The fourth-order valence-electron chi connectivity index (χ4n) is 2.25. The van der Waals surface area contributed by atoms with Gasteiger partial charge in [-0.05, 0) is 34.2 Å². The van der Waals surface area contributed by atoms with Crippen molar-refractivity contribution in [3.63, 3.8) is 0 Å². The van der Waals surface area contributed by atoms with E-state index in [1.807, 2.05) is 0 Å². The number of carboxylic acids is 1. The third-order valence-corrected chi connectivity index (χ3v) is 3.48. The van der Waals surface area contributed by atoms with E-state index < -0.39 is 24.6 Å². The Labute approximate surface area is 177 Å². The number of tetrazole rings is 1. The minimum atomic E-state index is -1.39. The number of carbonyl (C=O) groups is 1. The Morgan fingerprint density at radius 3 is 2.56 bits per heavy atom. The van der Waals surface area contributed by atoms with Crippen molar-refractivity contribution in [1.82, 2.24) is 20.2 Å². The van der Waals surface area contributed by atoms with Crippen LogP contribution < -0.4 is 34.7 Å². The standard InChI is InChI=1S/C17H19FN4O4.Na/c1-22-17(19-20-21-22)12(8-11-2-5-13(18)6-3-11)4-7-14(23)9-15(24)10-16(25)26;/h2-8,14-15,23-24H,9-10H2,1H3,(H,25,26);/q;+1/p-1/b7-4+,12-8-;. The van der Waals surface area contributed by atoms with Gasteiger partial charge in [0, 0.05) is 31.4 Å². The zero-order valence-electron chi connectivity index (χ0n) is 15.0. The molecule has 0 bridgehead atoms. The Morgan fingerprint density at radius 2 is 2.00 bits per heavy atom. The molecule has 27 heavy (non-hydrogen) atoms. The van der Waals surface area contributed by atoms with Crippen molar-refractivity contribution in [2.24, 2.45) is 7.05 Å². The van der Waals surface area contributed by atoms with Crippen LogP contribution in [0.5, 0.6) is 0 Å². The quantitative estimate of drug-likeness (QED) is 0.361. The van der Waals surface area contributed by atoms with Gasteiger partial charge in [-0.1, -0.05) is 24.3 Å². The van der Waals surface area contributed by atoms with Gasteiger partial charge in [0.15, 0.2) is 5.82 Å². The van der Waals surface area contributed by atoms with Gasteiger partial charge in [-0.2, -0.15) is 0 Å². The second-order valence-corrected chi connectivity index (χ2v) is 5.67. The number of benzene rings is 1. The number of aliphatic hydroxyl groups excluding tert-OH is 2. The monoisotopic (exact) mass is 384 g/mol. The van der Waals surface area contributed by atoms with Crippen molar-refractivity contribution < 1.29 is 54.1 Å². The van der Waals surface area contributed by atoms with E-state index in [0.29, 0.717) is 17.0 Å². The Hall–Kier alpha value is -1.91. The molecule has 0 fully saturated rings. The number of rotatable bonds is 8. The van der Waals surface area contributed by atoms with Gasteiger partial charge in [0.05, 0.1) is 12.2 Å². The molecule has 1 aromatic carbocycles. The van der Waals surface area contributed by atoms with Gasteiger partial charge in [0.25, 0.3) is 0 Å². The van der Waals surface area contributed by atoms with Crippen LogP contribution in [0, 0.1) is 5.82 Å². The summed E-state index contributed by atoms with van der Waals surface area (Å²) in [5.41, 5.74) is 1.23. The second-order valence-electron chi connectivity index (χ2n) is 5.67. The third-order valence-electron chi connectivity index (χ3n) is 3.48. The molecule has 10 heteroatoms. The van der Waals surface area contributed by atoms with Crippen LogP contribution in [0.25, 0.3) is 11.6 Å². The van der Waals surface area contributed by atoms with Gasteiger partial charge in [-0.25, -0.2) is 9.07 Å². The van der Waals surface area contributed by atoms with Crippen LogP contribution in [0.2, 0.25) is 0 Å². The van der Waals surface area contributed by atoms with Crippen molar-refractivity contribution >= 4 is 17.6 Å². The maximum atomic E-state index is 13.1. The molecule has 1 heterocycles. The molecule has 2 rings (SSSR count). The summed E-state index contributed by atoms with van der Waals surface area (Å²) < 4.78 is 14.5. The zero-order valence-corrected chi connectivity index (χ0v) is 17.0. The number of nitrogens with zero attached hydrogens (tertiary/aromatic N) is 4. The molecule has 0 aliphatic rings. The van der Waals surface area contributed by atoms with Crippen molar-refractivity contribution in [2.75, 3.05) is 0 Å². The van der Waals surface area contributed by atoms with Crippen LogP contribution in [-0.2, 0) is 11.8 Å². The average Bonchev–Trinajstić information content (AvgIpc) is 2.98. The molecule has 0 amide bonds. The number of aliphatic hydroxyl groups is 2. The first kappa shape index (κ1) is 23.1. The summed E-state index contributed by atoms with van der Waals surface area (Å²) in [6, 6.07) is 5.78. The van der Waals surface area contributed by atoms with Crippen molar-refractivity contribution in [3.05, 3.63) is 53.6 Å². The predicted molar refractivity (Wildman–Crippen MR) is 88.5 cm³/mol. The molecular formula is C17H18FN4NaO4. The van der Waals surface area contributed by atoms with E-state index in [9.17, 15) is 24.5 Å². The van der Waals surface area contributed by atoms with Crippen LogP contribution in [0.1, 0.15) is 24.2 Å². The van der Waals surface area contributed by atoms with Crippen molar-refractivity contribution in [3.8, 4) is 0 Å². The Morgan fingerprint density at radius 1 is 1.33 bits per heavy atom. The van der Waals surface area contributed by atoms with E-state index >= 15 is 0 Å². The molecule has 0 aliphatic carbocycles. The van der Waals surface area contributed by atoms with Gasteiger partial charge < -0.3 is 20.1 Å². The predicted octanol–water partition coefficient (Wildman–Crippen LogP) is -3.30. The summed E-state index contributed by atoms with van der Waals surface area (Å²) in [5, 5.41) is 41.2. The molecule has 138 valence electrons. The fourth-order valence-corrected chi connectivity index (χ4v) is 2.25. The number of hydrogen-bond donors (Lipinski definition) is 2. The molecule has 1 aromatic heterocycles. The molecule has 0 aliphatic heterocycles. The van der Waals surface area contributed by atoms with E-state index in [-0.39, 0.29) is 41.8 Å². The molecule has 2 atom stereocenters. The number of aromatic nitrogens is 4. The van der Waals surface area contributed by atoms with Gasteiger partial charge in [-0.3, -0.25) is 0 Å². The van der Waals surface area contributed by atoms with Crippen molar-refractivity contribution in [2.45, 2.75) is 25.0 Å². The molecule has 8 nitrogen and oxygen atoms in total. The Bertz CT molecular complexity index is 808. The first-order valence-electron chi connectivity index (χ1n) is 7.79. The number of aryl methyl sites for hydroxylation is 1. The van der Waals surface area contributed by atoms with Crippen molar-refractivity contribution in [1.29, 1.82) is 0 Å². The summed E-state index contributed by atoms with van der Waals surface area (Å²) in [4.78, 5) is 10.4. The zero-order chi connectivity index (χ0) is 19.1.